The third-order valence-corrected chi connectivity index (χ3v) is 1.86. The van der Waals surface area contributed by atoms with Gasteiger partial charge in [0.2, 0.25) is 0 Å². The molecule has 0 amide bonds. The van der Waals surface area contributed by atoms with Crippen LogP contribution in [0.5, 0.6) is 0 Å². The first-order valence-electron chi connectivity index (χ1n) is 3.47. The van der Waals surface area contributed by atoms with E-state index < -0.39 is 0 Å². The summed E-state index contributed by atoms with van der Waals surface area (Å²) in [6, 6.07) is 0. The summed E-state index contributed by atoms with van der Waals surface area (Å²) >= 11 is 0. The number of hydrogen-bond acceptors (Lipinski definition) is 1. The van der Waals surface area contributed by atoms with Crippen molar-refractivity contribution in [3.05, 3.63) is 0 Å². The Labute approximate surface area is 59.1 Å². The lowest BCUT2D eigenvalue weighted by molar-refractivity contribution is 0.221. The minimum absolute atomic E-state index is 0. The van der Waals surface area contributed by atoms with Crippen molar-refractivity contribution in [2.24, 2.45) is 5.92 Å². The topological polar surface area (TPSA) is 3.24 Å². The van der Waals surface area contributed by atoms with Crippen LogP contribution in [0, 0.1) is 5.92 Å². The maximum atomic E-state index is 2.41. The van der Waals surface area contributed by atoms with Gasteiger partial charge in [0.25, 0.3) is 0 Å². The third kappa shape index (κ3) is 2.85. The van der Waals surface area contributed by atoms with Crippen molar-refractivity contribution in [3.63, 3.8) is 0 Å². The predicted octanol–water partition coefficient (Wildman–Crippen LogP) is 1.98. The van der Waals surface area contributed by atoms with E-state index >= 15 is 0 Å². The summed E-state index contributed by atoms with van der Waals surface area (Å²) in [5.74, 6) is 0.939. The zero-order valence-electron chi connectivity index (χ0n) is 5.85. The Morgan fingerprint density at radius 2 is 2.11 bits per heavy atom. The lowest BCUT2D eigenvalue weighted by Gasteiger charge is -2.26. The molecule has 1 heteroatoms. The van der Waals surface area contributed by atoms with E-state index in [2.05, 4.69) is 18.9 Å². The molecule has 0 aromatic rings. The molecule has 0 saturated carbocycles. The van der Waals surface area contributed by atoms with Crippen LogP contribution >= 0.6 is 0 Å². The molecule has 9 heavy (non-hydrogen) atoms. The lowest BCUT2D eigenvalue weighted by atomic mass is 10.0. The zero-order valence-corrected chi connectivity index (χ0v) is 5.85. The fraction of sp³-hybridized carbons (Fsp3) is 1.00. The van der Waals surface area contributed by atoms with E-state index in [1.165, 1.54) is 25.9 Å². The highest BCUT2D eigenvalue weighted by molar-refractivity contribution is 4.65. The number of nitrogens with zero attached hydrogens (tertiary/aromatic N) is 1. The molecule has 0 N–H and O–H groups in total. The number of piperidine rings is 1. The van der Waals surface area contributed by atoms with Crippen LogP contribution < -0.4 is 0 Å². The van der Waals surface area contributed by atoms with Crippen molar-refractivity contribution in [2.75, 3.05) is 20.1 Å². The molecule has 1 fully saturated rings. The molecule has 0 unspecified atom stereocenters. The average molecular weight is 129 g/mol. The van der Waals surface area contributed by atoms with Crippen LogP contribution in [0.3, 0.4) is 0 Å². The SMILES string of the molecule is C.C[C@H]1CCCN(C)C1. The second kappa shape index (κ2) is 3.89. The first-order valence-corrected chi connectivity index (χ1v) is 3.47. The monoisotopic (exact) mass is 129 g/mol. The Hall–Kier alpha value is -0.0400. The summed E-state index contributed by atoms with van der Waals surface area (Å²) in [7, 11) is 2.20. The minimum Gasteiger partial charge on any atom is -0.306 e. The van der Waals surface area contributed by atoms with Crippen molar-refractivity contribution in [2.45, 2.75) is 27.2 Å². The highest BCUT2D eigenvalue weighted by Gasteiger charge is 2.11. The molecule has 1 nitrogen and oxygen atoms in total. The Morgan fingerprint density at radius 1 is 1.44 bits per heavy atom. The molecule has 1 saturated heterocycles. The van der Waals surface area contributed by atoms with Crippen LogP contribution in [0.15, 0.2) is 0 Å². The van der Waals surface area contributed by atoms with Crippen LogP contribution in [0.25, 0.3) is 0 Å². The quantitative estimate of drug-likeness (QED) is 0.483. The van der Waals surface area contributed by atoms with E-state index in [-0.39, 0.29) is 7.43 Å². The van der Waals surface area contributed by atoms with E-state index in [1.54, 1.807) is 0 Å². The summed E-state index contributed by atoms with van der Waals surface area (Å²) in [6.07, 6.45) is 2.84. The molecule has 0 spiro atoms. The van der Waals surface area contributed by atoms with E-state index in [1.807, 2.05) is 0 Å². The fourth-order valence-electron chi connectivity index (χ4n) is 1.42. The molecule has 1 rings (SSSR count). The molecule has 0 aliphatic carbocycles. The van der Waals surface area contributed by atoms with Crippen molar-refractivity contribution in [1.29, 1.82) is 0 Å². The highest BCUT2D eigenvalue weighted by Crippen LogP contribution is 2.12. The van der Waals surface area contributed by atoms with Gasteiger partial charge in [-0.3, -0.25) is 0 Å². The van der Waals surface area contributed by atoms with Gasteiger partial charge in [-0.15, -0.1) is 0 Å². The molecule has 1 aliphatic rings. The van der Waals surface area contributed by atoms with E-state index in [4.69, 9.17) is 0 Å². The van der Waals surface area contributed by atoms with E-state index in [0.29, 0.717) is 0 Å². The molecule has 0 aromatic carbocycles. The standard InChI is InChI=1S/C7H15N.CH4/c1-7-4-3-5-8(2)6-7;/h7H,3-6H2,1-2H3;1H4/t7-;/m0./s1. The van der Waals surface area contributed by atoms with Gasteiger partial charge in [0.15, 0.2) is 0 Å². The Kier molecular flexibility index (Phi) is 3.87. The van der Waals surface area contributed by atoms with Crippen molar-refractivity contribution in [1.82, 2.24) is 4.90 Å². The van der Waals surface area contributed by atoms with Gasteiger partial charge in [0, 0.05) is 6.54 Å². The second-order valence-corrected chi connectivity index (χ2v) is 3.01. The number of hydrogen-bond donors (Lipinski definition) is 0. The smallest absolute Gasteiger partial charge is 0.000398 e. The molecule has 1 heterocycles. The summed E-state index contributed by atoms with van der Waals surface area (Å²) < 4.78 is 0. The normalized spacial score (nSPS) is 29.3. The maximum absolute atomic E-state index is 2.41. The fourth-order valence-corrected chi connectivity index (χ4v) is 1.42. The highest BCUT2D eigenvalue weighted by atomic mass is 15.1. The average Bonchev–Trinajstić information content (AvgIpc) is 1.64. The Balaban J connectivity index is 0.000000640. The van der Waals surface area contributed by atoms with Crippen LogP contribution in [0.1, 0.15) is 27.2 Å². The minimum atomic E-state index is 0. The molecule has 1 atom stereocenters. The Morgan fingerprint density at radius 3 is 2.44 bits per heavy atom. The first kappa shape index (κ1) is 8.96. The summed E-state index contributed by atoms with van der Waals surface area (Å²) in [5.41, 5.74) is 0. The van der Waals surface area contributed by atoms with Gasteiger partial charge in [-0.1, -0.05) is 14.4 Å². The van der Waals surface area contributed by atoms with Gasteiger partial charge < -0.3 is 4.90 Å². The van der Waals surface area contributed by atoms with Gasteiger partial charge in [0.05, 0.1) is 0 Å². The predicted molar refractivity (Wildman–Crippen MR) is 42.6 cm³/mol. The molecular weight excluding hydrogens is 110 g/mol. The van der Waals surface area contributed by atoms with Gasteiger partial charge in [-0.05, 0) is 32.4 Å². The summed E-state index contributed by atoms with van der Waals surface area (Å²) in [4.78, 5) is 2.41. The second-order valence-electron chi connectivity index (χ2n) is 3.01. The third-order valence-electron chi connectivity index (χ3n) is 1.86. The molecule has 0 bridgehead atoms. The number of likely N-dealkylation sites (tertiary alicyclic amines) is 1. The van der Waals surface area contributed by atoms with Gasteiger partial charge in [-0.25, -0.2) is 0 Å². The van der Waals surface area contributed by atoms with Gasteiger partial charge in [0.1, 0.15) is 0 Å². The van der Waals surface area contributed by atoms with Crippen LogP contribution in [0.4, 0.5) is 0 Å². The molecule has 0 aromatic heterocycles. The van der Waals surface area contributed by atoms with Crippen molar-refractivity contribution >= 4 is 0 Å². The first-order chi connectivity index (χ1) is 3.79. The zero-order chi connectivity index (χ0) is 5.98. The van der Waals surface area contributed by atoms with Crippen LogP contribution in [-0.4, -0.2) is 25.0 Å². The van der Waals surface area contributed by atoms with Crippen LogP contribution in [-0.2, 0) is 0 Å². The molecule has 56 valence electrons. The van der Waals surface area contributed by atoms with E-state index in [0.717, 1.165) is 5.92 Å². The lowest BCUT2D eigenvalue weighted by Crippen LogP contribution is -2.30. The number of rotatable bonds is 0. The molecular formula is C8H19N. The van der Waals surface area contributed by atoms with Gasteiger partial charge >= 0.3 is 0 Å². The largest absolute Gasteiger partial charge is 0.306 e. The van der Waals surface area contributed by atoms with Crippen molar-refractivity contribution < 1.29 is 0 Å². The van der Waals surface area contributed by atoms with Gasteiger partial charge in [-0.2, -0.15) is 0 Å². The molecule has 0 radical (unpaired) electrons. The van der Waals surface area contributed by atoms with Crippen LogP contribution in [0.2, 0.25) is 0 Å². The summed E-state index contributed by atoms with van der Waals surface area (Å²) in [5, 5.41) is 0. The molecule has 1 aliphatic heterocycles. The van der Waals surface area contributed by atoms with E-state index in [9.17, 15) is 0 Å². The van der Waals surface area contributed by atoms with Crippen molar-refractivity contribution in [3.8, 4) is 0 Å². The Bertz CT molecular complexity index is 63.0. The maximum Gasteiger partial charge on any atom is 0.000398 e. The summed E-state index contributed by atoms with van der Waals surface area (Å²) in [6.45, 7) is 4.94.